The van der Waals surface area contributed by atoms with E-state index in [1.54, 1.807) is 12.1 Å². The number of hydrogen-bond acceptors (Lipinski definition) is 4. The summed E-state index contributed by atoms with van der Waals surface area (Å²) in [7, 11) is 0. The summed E-state index contributed by atoms with van der Waals surface area (Å²) in [6.07, 6.45) is 1.40. The second-order valence-corrected chi connectivity index (χ2v) is 6.45. The number of aromatic amines is 1. The Morgan fingerprint density at radius 3 is 2.52 bits per heavy atom. The molecule has 4 N–H and O–H groups in total. The monoisotopic (exact) mass is 354 g/mol. The molecule has 0 fully saturated rings. The van der Waals surface area contributed by atoms with Gasteiger partial charge in [0, 0.05) is 22.7 Å². The predicted octanol–water partition coefficient (Wildman–Crippen LogP) is 3.62. The summed E-state index contributed by atoms with van der Waals surface area (Å²) in [4.78, 5) is 0. The summed E-state index contributed by atoms with van der Waals surface area (Å²) in [6, 6.07) is 15.4. The number of hydroxylamine groups is 1. The first-order chi connectivity index (χ1) is 12.0. The Morgan fingerprint density at radius 2 is 1.84 bits per heavy atom. The molecule has 2 heterocycles. The molecule has 0 spiro atoms. The molecule has 1 aromatic heterocycles. The fourth-order valence-corrected chi connectivity index (χ4v) is 3.14. The number of benzene rings is 2. The summed E-state index contributed by atoms with van der Waals surface area (Å²) in [5.74, 6) is 0.247. The number of nitrogen functional groups attached to an aromatic ring is 1. The van der Waals surface area contributed by atoms with Gasteiger partial charge in [0.2, 0.25) is 5.69 Å². The highest BCUT2D eigenvalue weighted by molar-refractivity contribution is 6.30. The third-order valence-corrected chi connectivity index (χ3v) is 4.54. The van der Waals surface area contributed by atoms with Gasteiger partial charge >= 0.3 is 0 Å². The Hall–Kier alpha value is -2.83. The van der Waals surface area contributed by atoms with Gasteiger partial charge in [-0.15, -0.1) is 0 Å². The van der Waals surface area contributed by atoms with E-state index in [2.05, 4.69) is 10.2 Å². The summed E-state index contributed by atoms with van der Waals surface area (Å²) in [5.41, 5.74) is 9.99. The molecule has 0 amide bonds. The Bertz CT molecular complexity index is 947. The zero-order valence-electron chi connectivity index (χ0n) is 13.5. The summed E-state index contributed by atoms with van der Waals surface area (Å²) < 4.78 is 1.96. The van der Waals surface area contributed by atoms with Crippen molar-refractivity contribution in [2.75, 3.05) is 10.8 Å². The normalized spacial score (nSPS) is 16.5. The van der Waals surface area contributed by atoms with E-state index in [1.165, 1.54) is 0 Å². The van der Waals surface area contributed by atoms with Gasteiger partial charge < -0.3 is 5.73 Å². The minimum absolute atomic E-state index is 0.247. The molecule has 3 aromatic rings. The van der Waals surface area contributed by atoms with Crippen molar-refractivity contribution >= 4 is 35.0 Å². The van der Waals surface area contributed by atoms with E-state index in [0.717, 1.165) is 21.9 Å². The second kappa shape index (κ2) is 5.91. The maximum absolute atomic E-state index is 10.9. The molecule has 0 saturated heterocycles. The van der Waals surface area contributed by atoms with Crippen molar-refractivity contribution in [3.05, 3.63) is 70.4 Å². The zero-order valence-corrected chi connectivity index (χ0v) is 14.3. The molecule has 2 aromatic carbocycles. The van der Waals surface area contributed by atoms with Crippen molar-refractivity contribution in [3.8, 4) is 0 Å². The molecule has 1 aliphatic heterocycles. The number of aryl methyl sites for hydroxylation is 1. The van der Waals surface area contributed by atoms with Gasteiger partial charge in [-0.2, -0.15) is 14.7 Å². The molecular formula is C18H17ClN5O+. The van der Waals surface area contributed by atoms with Gasteiger partial charge in [0.15, 0.2) is 17.7 Å². The van der Waals surface area contributed by atoms with E-state index in [-0.39, 0.29) is 5.82 Å². The smallest absolute Gasteiger partial charge is 0.282 e. The van der Waals surface area contributed by atoms with Crippen LogP contribution in [0.5, 0.6) is 0 Å². The number of hydrogen-bond donors (Lipinski definition) is 3. The third-order valence-electron chi connectivity index (χ3n) is 4.29. The molecule has 1 atom stereocenters. The van der Waals surface area contributed by atoms with Crippen molar-refractivity contribution in [2.45, 2.75) is 13.1 Å². The fraction of sp³-hybridized carbons (Fsp3) is 0.111. The van der Waals surface area contributed by atoms with Crippen LogP contribution < -0.4 is 10.8 Å². The van der Waals surface area contributed by atoms with Crippen LogP contribution in [0, 0.1) is 6.92 Å². The highest BCUT2D eigenvalue weighted by atomic mass is 35.5. The average Bonchev–Trinajstić information content (AvgIpc) is 2.98. The highest BCUT2D eigenvalue weighted by Crippen LogP contribution is 2.38. The van der Waals surface area contributed by atoms with E-state index in [0.29, 0.717) is 16.4 Å². The number of anilines is 2. The van der Waals surface area contributed by atoms with Gasteiger partial charge in [-0.25, -0.2) is 0 Å². The first kappa shape index (κ1) is 15.7. The van der Waals surface area contributed by atoms with Crippen molar-refractivity contribution in [1.29, 1.82) is 0 Å². The molecule has 1 aliphatic rings. The molecule has 0 aliphatic carbocycles. The Kier molecular flexibility index (Phi) is 3.71. The lowest BCUT2D eigenvalue weighted by Gasteiger charge is -2.28. The van der Waals surface area contributed by atoms with Gasteiger partial charge in [-0.05, 0) is 31.2 Å². The number of H-pyrrole nitrogens is 1. The number of fused-ring (bicyclic) bond motifs is 1. The van der Waals surface area contributed by atoms with Crippen molar-refractivity contribution in [1.82, 2.24) is 10.2 Å². The van der Waals surface area contributed by atoms with Crippen molar-refractivity contribution in [2.24, 2.45) is 0 Å². The lowest BCUT2D eigenvalue weighted by Crippen LogP contribution is -2.37. The van der Waals surface area contributed by atoms with Gasteiger partial charge in [0.05, 0.1) is 0 Å². The maximum Gasteiger partial charge on any atom is 0.282 e. The third kappa shape index (κ3) is 2.65. The number of nitrogens with zero attached hydrogens (tertiary/aromatic N) is 3. The van der Waals surface area contributed by atoms with Gasteiger partial charge in [0.1, 0.15) is 5.69 Å². The molecule has 0 saturated carbocycles. The Balaban J connectivity index is 1.90. The van der Waals surface area contributed by atoms with Crippen LogP contribution in [0.4, 0.5) is 17.2 Å². The molecule has 6 nitrogen and oxygen atoms in total. The maximum atomic E-state index is 10.9. The summed E-state index contributed by atoms with van der Waals surface area (Å²) in [6.45, 7) is 2.03. The molecule has 0 radical (unpaired) electrons. The van der Waals surface area contributed by atoms with E-state index in [9.17, 15) is 5.21 Å². The fourth-order valence-electron chi connectivity index (χ4n) is 3.01. The molecular weight excluding hydrogens is 338 g/mol. The van der Waals surface area contributed by atoms with Crippen LogP contribution in [0.15, 0.2) is 48.5 Å². The van der Waals surface area contributed by atoms with E-state index < -0.39 is 6.17 Å². The number of halogens is 1. The molecule has 4 rings (SSSR count). The molecule has 7 heteroatoms. The SMILES string of the molecule is Cc1ccc([N+]2=Cc3[nH]nc(N)c3N(O)C2c2ccc(Cl)cc2)cc1. The number of nitrogens with two attached hydrogens (primary N) is 1. The zero-order chi connectivity index (χ0) is 17.6. The number of rotatable bonds is 2. The second-order valence-electron chi connectivity index (χ2n) is 6.01. The van der Waals surface area contributed by atoms with Crippen LogP contribution in [0.3, 0.4) is 0 Å². The Morgan fingerprint density at radius 1 is 1.16 bits per heavy atom. The van der Waals surface area contributed by atoms with Crippen LogP contribution in [-0.4, -0.2) is 26.2 Å². The Labute approximate surface area is 149 Å². The van der Waals surface area contributed by atoms with Crippen molar-refractivity contribution in [3.63, 3.8) is 0 Å². The van der Waals surface area contributed by atoms with Gasteiger partial charge in [-0.1, -0.05) is 29.3 Å². The first-order valence-electron chi connectivity index (χ1n) is 7.82. The standard InChI is InChI=1S/C18H16ClN5O/c1-11-2-8-14(9-3-11)23-10-15-16(17(20)22-21-15)24(25)18(23)12-4-6-13(19)7-5-12/h2-10,18,25H,20H2,1H3/p+1. The van der Waals surface area contributed by atoms with E-state index in [4.69, 9.17) is 17.3 Å². The minimum atomic E-state index is -0.493. The molecule has 1 unspecified atom stereocenters. The lowest BCUT2D eigenvalue weighted by molar-refractivity contribution is -0.497. The molecule has 126 valence electrons. The molecule has 0 bridgehead atoms. The first-order valence-corrected chi connectivity index (χ1v) is 8.19. The predicted molar refractivity (Wildman–Crippen MR) is 97.7 cm³/mol. The summed E-state index contributed by atoms with van der Waals surface area (Å²) in [5, 5.41) is 19.5. The topological polar surface area (TPSA) is 81.2 Å². The highest BCUT2D eigenvalue weighted by Gasteiger charge is 2.39. The minimum Gasteiger partial charge on any atom is -0.380 e. The number of aromatic nitrogens is 2. The summed E-state index contributed by atoms with van der Waals surface area (Å²) >= 11 is 6.01. The lowest BCUT2D eigenvalue weighted by atomic mass is 10.1. The van der Waals surface area contributed by atoms with Crippen LogP contribution in [0.1, 0.15) is 23.0 Å². The largest absolute Gasteiger partial charge is 0.380 e. The van der Waals surface area contributed by atoms with E-state index >= 15 is 0 Å². The average molecular weight is 355 g/mol. The van der Waals surface area contributed by atoms with E-state index in [1.807, 2.05) is 54.1 Å². The number of nitrogens with one attached hydrogen (secondary N) is 1. The molecule has 25 heavy (non-hydrogen) atoms. The van der Waals surface area contributed by atoms with Crippen LogP contribution in [0.2, 0.25) is 5.02 Å². The van der Waals surface area contributed by atoms with Crippen molar-refractivity contribution < 1.29 is 9.78 Å². The van der Waals surface area contributed by atoms with Crippen LogP contribution in [0.25, 0.3) is 0 Å². The van der Waals surface area contributed by atoms with Crippen LogP contribution >= 0.6 is 11.6 Å². The van der Waals surface area contributed by atoms with Crippen LogP contribution in [-0.2, 0) is 0 Å². The van der Waals surface area contributed by atoms with Gasteiger partial charge in [0.25, 0.3) is 6.17 Å². The van der Waals surface area contributed by atoms with Gasteiger partial charge in [-0.3, -0.25) is 10.3 Å². The quantitative estimate of drug-likeness (QED) is 0.614.